The molecule has 0 saturated heterocycles. The highest BCUT2D eigenvalue weighted by molar-refractivity contribution is 5.99. The van der Waals surface area contributed by atoms with Crippen LogP contribution in [0, 0.1) is 0 Å². The Bertz CT molecular complexity index is 670. The molecule has 0 bridgehead atoms. The van der Waals surface area contributed by atoms with Crippen molar-refractivity contribution >= 4 is 22.6 Å². The summed E-state index contributed by atoms with van der Waals surface area (Å²) in [6.45, 7) is 2.22. The molecule has 0 saturated carbocycles. The molecule has 0 radical (unpaired) electrons. The topological polar surface area (TPSA) is 67.4 Å². The summed E-state index contributed by atoms with van der Waals surface area (Å²) in [6.07, 6.45) is 0. The van der Waals surface area contributed by atoms with Crippen LogP contribution >= 0.6 is 0 Å². The first-order valence-electron chi connectivity index (χ1n) is 7.15. The number of rotatable bonds is 6. The second kappa shape index (κ2) is 7.56. The summed E-state index contributed by atoms with van der Waals surface area (Å²) < 4.78 is 4.94. The average Bonchev–Trinajstić information content (AvgIpc) is 2.52. The molecule has 22 heavy (non-hydrogen) atoms. The molecule has 1 atom stereocenters. The maximum Gasteiger partial charge on any atom is 0.251 e. The molecule has 2 rings (SSSR count). The van der Waals surface area contributed by atoms with Gasteiger partial charge < -0.3 is 15.4 Å². The van der Waals surface area contributed by atoms with Gasteiger partial charge in [-0.25, -0.2) is 0 Å². The number of hydrogen-bond donors (Lipinski definition) is 2. The standard InChI is InChI=1S/C17H20N2O3/c1-12(11-22-2)19-16(20)10-18-17(21)15-8-7-13-5-3-4-6-14(13)9-15/h3-9,12H,10-11H2,1-2H3,(H,18,21)(H,19,20). The third-order valence-corrected chi connectivity index (χ3v) is 3.25. The van der Waals surface area contributed by atoms with Crippen molar-refractivity contribution in [3.63, 3.8) is 0 Å². The summed E-state index contributed by atoms with van der Waals surface area (Å²) in [6, 6.07) is 13.2. The Morgan fingerprint density at radius 3 is 2.59 bits per heavy atom. The van der Waals surface area contributed by atoms with E-state index in [-0.39, 0.29) is 24.4 Å². The van der Waals surface area contributed by atoms with Crippen LogP contribution in [-0.4, -0.2) is 38.1 Å². The zero-order chi connectivity index (χ0) is 15.9. The zero-order valence-electron chi connectivity index (χ0n) is 12.8. The van der Waals surface area contributed by atoms with Crippen LogP contribution in [0.2, 0.25) is 0 Å². The van der Waals surface area contributed by atoms with Crippen molar-refractivity contribution < 1.29 is 14.3 Å². The van der Waals surface area contributed by atoms with Gasteiger partial charge in [0.2, 0.25) is 5.91 Å². The largest absolute Gasteiger partial charge is 0.383 e. The minimum atomic E-state index is -0.264. The van der Waals surface area contributed by atoms with E-state index in [1.54, 1.807) is 13.2 Å². The molecule has 2 aromatic rings. The lowest BCUT2D eigenvalue weighted by atomic mass is 10.1. The molecule has 0 fully saturated rings. The molecule has 2 amide bonds. The second-order valence-electron chi connectivity index (χ2n) is 5.17. The fraction of sp³-hybridized carbons (Fsp3) is 0.294. The summed E-state index contributed by atoms with van der Waals surface area (Å²) in [5, 5.41) is 7.43. The highest BCUT2D eigenvalue weighted by atomic mass is 16.5. The molecule has 0 aliphatic heterocycles. The van der Waals surface area contributed by atoms with Crippen molar-refractivity contribution in [1.82, 2.24) is 10.6 Å². The van der Waals surface area contributed by atoms with Crippen molar-refractivity contribution in [3.05, 3.63) is 48.0 Å². The van der Waals surface area contributed by atoms with Gasteiger partial charge in [0.25, 0.3) is 5.91 Å². The van der Waals surface area contributed by atoms with Gasteiger partial charge in [-0.3, -0.25) is 9.59 Å². The predicted molar refractivity (Wildman–Crippen MR) is 85.8 cm³/mol. The Labute approximate surface area is 129 Å². The SMILES string of the molecule is COCC(C)NC(=O)CNC(=O)c1ccc2ccccc2c1. The van der Waals surface area contributed by atoms with Crippen LogP contribution in [0.15, 0.2) is 42.5 Å². The highest BCUT2D eigenvalue weighted by Gasteiger charge is 2.10. The van der Waals surface area contributed by atoms with Gasteiger partial charge in [-0.1, -0.05) is 30.3 Å². The van der Waals surface area contributed by atoms with E-state index < -0.39 is 0 Å². The molecule has 116 valence electrons. The lowest BCUT2D eigenvalue weighted by Crippen LogP contribution is -2.42. The highest BCUT2D eigenvalue weighted by Crippen LogP contribution is 2.15. The number of carbonyl (C=O) groups is 2. The smallest absolute Gasteiger partial charge is 0.251 e. The number of carbonyl (C=O) groups excluding carboxylic acids is 2. The summed E-state index contributed by atoms with van der Waals surface area (Å²) in [5.74, 6) is -0.501. The van der Waals surface area contributed by atoms with E-state index >= 15 is 0 Å². The van der Waals surface area contributed by atoms with Crippen molar-refractivity contribution in [1.29, 1.82) is 0 Å². The Kier molecular flexibility index (Phi) is 5.49. The molecular weight excluding hydrogens is 280 g/mol. The number of amides is 2. The van der Waals surface area contributed by atoms with E-state index in [1.807, 2.05) is 43.3 Å². The molecular formula is C17H20N2O3. The quantitative estimate of drug-likeness (QED) is 0.853. The Hall–Kier alpha value is -2.40. The molecule has 5 heteroatoms. The van der Waals surface area contributed by atoms with Gasteiger partial charge in [-0.05, 0) is 29.8 Å². The van der Waals surface area contributed by atoms with Crippen LogP contribution in [0.1, 0.15) is 17.3 Å². The van der Waals surface area contributed by atoms with E-state index in [0.29, 0.717) is 12.2 Å². The van der Waals surface area contributed by atoms with E-state index in [4.69, 9.17) is 4.74 Å². The normalized spacial score (nSPS) is 11.9. The lowest BCUT2D eigenvalue weighted by Gasteiger charge is -2.13. The van der Waals surface area contributed by atoms with Gasteiger partial charge in [0.15, 0.2) is 0 Å². The second-order valence-corrected chi connectivity index (χ2v) is 5.17. The summed E-state index contributed by atoms with van der Waals surface area (Å²) in [4.78, 5) is 23.8. The molecule has 5 nitrogen and oxygen atoms in total. The minimum Gasteiger partial charge on any atom is -0.383 e. The maximum absolute atomic E-state index is 12.1. The van der Waals surface area contributed by atoms with Crippen molar-refractivity contribution in [3.8, 4) is 0 Å². The summed E-state index contributed by atoms with van der Waals surface area (Å²) in [7, 11) is 1.57. The number of ether oxygens (including phenoxy) is 1. The number of hydrogen-bond acceptors (Lipinski definition) is 3. The van der Waals surface area contributed by atoms with Crippen LogP contribution in [0.3, 0.4) is 0 Å². The molecule has 0 heterocycles. The third kappa shape index (κ3) is 4.30. The van der Waals surface area contributed by atoms with Crippen LogP contribution in [0.25, 0.3) is 10.8 Å². The zero-order valence-corrected chi connectivity index (χ0v) is 12.8. The Morgan fingerprint density at radius 1 is 1.14 bits per heavy atom. The fourth-order valence-electron chi connectivity index (χ4n) is 2.21. The Morgan fingerprint density at radius 2 is 1.86 bits per heavy atom. The molecule has 2 aromatic carbocycles. The molecule has 2 N–H and O–H groups in total. The number of nitrogens with one attached hydrogen (secondary N) is 2. The van der Waals surface area contributed by atoms with Crippen LogP contribution in [0.5, 0.6) is 0 Å². The first-order valence-corrected chi connectivity index (χ1v) is 7.15. The minimum absolute atomic E-state index is 0.0558. The maximum atomic E-state index is 12.1. The number of benzene rings is 2. The van der Waals surface area contributed by atoms with E-state index in [9.17, 15) is 9.59 Å². The van der Waals surface area contributed by atoms with Crippen molar-refractivity contribution in [2.75, 3.05) is 20.3 Å². The number of methoxy groups -OCH3 is 1. The molecule has 0 aliphatic rings. The predicted octanol–water partition coefficient (Wildman–Crippen LogP) is 1.72. The van der Waals surface area contributed by atoms with Crippen molar-refractivity contribution in [2.45, 2.75) is 13.0 Å². The van der Waals surface area contributed by atoms with E-state index in [1.165, 1.54) is 0 Å². The first-order chi connectivity index (χ1) is 10.6. The molecule has 1 unspecified atom stereocenters. The van der Waals surface area contributed by atoms with Gasteiger partial charge in [0.1, 0.15) is 0 Å². The van der Waals surface area contributed by atoms with Gasteiger partial charge in [0.05, 0.1) is 13.2 Å². The summed E-state index contributed by atoms with van der Waals surface area (Å²) in [5.41, 5.74) is 0.538. The van der Waals surface area contributed by atoms with Crippen LogP contribution < -0.4 is 10.6 Å². The average molecular weight is 300 g/mol. The Balaban J connectivity index is 1.92. The molecule has 0 aromatic heterocycles. The molecule has 0 aliphatic carbocycles. The third-order valence-electron chi connectivity index (χ3n) is 3.25. The summed E-state index contributed by atoms with van der Waals surface area (Å²) >= 11 is 0. The van der Waals surface area contributed by atoms with Gasteiger partial charge in [-0.15, -0.1) is 0 Å². The number of fused-ring (bicyclic) bond motifs is 1. The van der Waals surface area contributed by atoms with Crippen molar-refractivity contribution in [2.24, 2.45) is 0 Å². The first kappa shape index (κ1) is 16.0. The van der Waals surface area contributed by atoms with Gasteiger partial charge >= 0.3 is 0 Å². The van der Waals surface area contributed by atoms with Gasteiger partial charge in [0, 0.05) is 18.7 Å². The van der Waals surface area contributed by atoms with E-state index in [2.05, 4.69) is 10.6 Å². The molecule has 0 spiro atoms. The van der Waals surface area contributed by atoms with Gasteiger partial charge in [-0.2, -0.15) is 0 Å². The van der Waals surface area contributed by atoms with Crippen LogP contribution in [0.4, 0.5) is 0 Å². The lowest BCUT2D eigenvalue weighted by molar-refractivity contribution is -0.121. The van der Waals surface area contributed by atoms with Crippen LogP contribution in [-0.2, 0) is 9.53 Å². The van der Waals surface area contributed by atoms with E-state index in [0.717, 1.165) is 10.8 Å². The fourth-order valence-corrected chi connectivity index (χ4v) is 2.21. The monoisotopic (exact) mass is 300 g/mol.